The molecule has 0 amide bonds. The molecule has 0 saturated heterocycles. The number of carbonyl (C=O) groups is 2. The Hall–Kier alpha value is -2.87. The van der Waals surface area contributed by atoms with Crippen molar-refractivity contribution in [3.05, 3.63) is 47.3 Å². The van der Waals surface area contributed by atoms with E-state index in [1.54, 1.807) is 42.1 Å². The summed E-state index contributed by atoms with van der Waals surface area (Å²) in [6.45, 7) is 1.74. The minimum atomic E-state index is -1.18. The largest absolute Gasteiger partial charge is 0.472 e. The zero-order chi connectivity index (χ0) is 13.8. The molecule has 1 heterocycles. The third-order valence-corrected chi connectivity index (χ3v) is 2.49. The van der Waals surface area contributed by atoms with Gasteiger partial charge in [-0.25, -0.2) is 9.48 Å². The number of aryl methyl sites for hydroxylation is 1. The summed E-state index contributed by atoms with van der Waals surface area (Å²) in [6, 6.07) is 6.96. The molecular weight excluding hydrogens is 244 g/mol. The molecule has 0 saturated carbocycles. The van der Waals surface area contributed by atoms with Crippen molar-refractivity contribution >= 4 is 12.3 Å². The number of aromatic nitrogens is 2. The first-order chi connectivity index (χ1) is 9.10. The Labute approximate surface area is 109 Å². The van der Waals surface area contributed by atoms with Gasteiger partial charge in [0, 0.05) is 17.7 Å². The number of carbonyl (C=O) groups excluding carboxylic acids is 1. The van der Waals surface area contributed by atoms with Gasteiger partial charge < -0.3 is 5.11 Å². The van der Waals surface area contributed by atoms with Crippen LogP contribution in [-0.2, 0) is 4.79 Å². The standard InChI is InChI=1S/C14H10N2O3/c1-10-12(9-17)8-16(15-10)13-4-2-3-11(7-13)5-6-14(18)19/h2-4,7-9H,1H3,(H,18,19). The molecule has 0 aliphatic carbocycles. The van der Waals surface area contributed by atoms with E-state index in [4.69, 9.17) is 5.11 Å². The number of rotatable bonds is 2. The predicted molar refractivity (Wildman–Crippen MR) is 68.2 cm³/mol. The predicted octanol–water partition coefficient (Wildman–Crippen LogP) is 1.43. The highest BCUT2D eigenvalue weighted by molar-refractivity contribution is 5.87. The van der Waals surface area contributed by atoms with Gasteiger partial charge in [0.2, 0.25) is 0 Å². The fourth-order valence-corrected chi connectivity index (χ4v) is 1.57. The highest BCUT2D eigenvalue weighted by Crippen LogP contribution is 2.12. The molecule has 0 spiro atoms. The summed E-state index contributed by atoms with van der Waals surface area (Å²) in [6.07, 6.45) is 2.36. The van der Waals surface area contributed by atoms with E-state index in [2.05, 4.69) is 11.0 Å². The molecule has 94 valence electrons. The van der Waals surface area contributed by atoms with E-state index in [1.807, 2.05) is 5.92 Å². The summed E-state index contributed by atoms with van der Waals surface area (Å²) in [5.41, 5.74) is 2.44. The van der Waals surface area contributed by atoms with E-state index in [-0.39, 0.29) is 0 Å². The topological polar surface area (TPSA) is 72.2 Å². The van der Waals surface area contributed by atoms with Crippen LogP contribution in [0.3, 0.4) is 0 Å². The van der Waals surface area contributed by atoms with Crippen molar-refractivity contribution in [1.29, 1.82) is 0 Å². The van der Waals surface area contributed by atoms with Gasteiger partial charge in [0.05, 0.1) is 16.9 Å². The fourth-order valence-electron chi connectivity index (χ4n) is 1.57. The van der Waals surface area contributed by atoms with Gasteiger partial charge in [-0.3, -0.25) is 4.79 Å². The SMILES string of the molecule is Cc1nn(-c2cccc(C#CC(=O)O)c2)cc1C=O. The fraction of sp³-hybridized carbons (Fsp3) is 0.0714. The van der Waals surface area contributed by atoms with Crippen LogP contribution in [0, 0.1) is 18.8 Å². The van der Waals surface area contributed by atoms with Crippen molar-refractivity contribution in [1.82, 2.24) is 9.78 Å². The van der Waals surface area contributed by atoms with Crippen LogP contribution in [0.4, 0.5) is 0 Å². The lowest BCUT2D eigenvalue weighted by Crippen LogP contribution is -1.95. The number of benzene rings is 1. The van der Waals surface area contributed by atoms with Crippen LogP contribution in [-0.4, -0.2) is 27.1 Å². The van der Waals surface area contributed by atoms with E-state index in [1.165, 1.54) is 0 Å². The summed E-state index contributed by atoms with van der Waals surface area (Å²) in [5, 5.41) is 12.7. The molecular formula is C14H10N2O3. The number of hydrogen-bond donors (Lipinski definition) is 1. The summed E-state index contributed by atoms with van der Waals surface area (Å²) < 4.78 is 1.56. The van der Waals surface area contributed by atoms with Crippen molar-refractivity contribution in [3.8, 4) is 17.5 Å². The summed E-state index contributed by atoms with van der Waals surface area (Å²) in [5.74, 6) is 3.40. The Morgan fingerprint density at radius 2 is 2.26 bits per heavy atom. The number of aldehydes is 1. The lowest BCUT2D eigenvalue weighted by molar-refractivity contribution is -0.130. The molecule has 0 unspecified atom stereocenters. The minimum Gasteiger partial charge on any atom is -0.472 e. The second-order valence-electron chi connectivity index (χ2n) is 3.84. The second-order valence-corrected chi connectivity index (χ2v) is 3.84. The van der Waals surface area contributed by atoms with Crippen molar-refractivity contribution in [2.45, 2.75) is 6.92 Å². The molecule has 0 bridgehead atoms. The van der Waals surface area contributed by atoms with Gasteiger partial charge in [-0.05, 0) is 25.1 Å². The Morgan fingerprint density at radius 1 is 1.47 bits per heavy atom. The molecule has 19 heavy (non-hydrogen) atoms. The van der Waals surface area contributed by atoms with Crippen LogP contribution < -0.4 is 0 Å². The van der Waals surface area contributed by atoms with Gasteiger partial charge in [0.25, 0.3) is 0 Å². The first-order valence-electron chi connectivity index (χ1n) is 5.47. The quantitative estimate of drug-likeness (QED) is 0.650. The van der Waals surface area contributed by atoms with E-state index in [0.717, 1.165) is 6.29 Å². The molecule has 5 nitrogen and oxygen atoms in total. The highest BCUT2D eigenvalue weighted by atomic mass is 16.4. The molecule has 1 N–H and O–H groups in total. The zero-order valence-corrected chi connectivity index (χ0v) is 10.1. The molecule has 0 fully saturated rings. The Balaban J connectivity index is 2.40. The molecule has 0 aliphatic rings. The van der Waals surface area contributed by atoms with Crippen LogP contribution in [0.15, 0.2) is 30.5 Å². The highest BCUT2D eigenvalue weighted by Gasteiger charge is 2.05. The molecule has 2 aromatic rings. The molecule has 0 aliphatic heterocycles. The molecule has 1 aromatic carbocycles. The first kappa shape index (κ1) is 12.6. The smallest absolute Gasteiger partial charge is 0.382 e. The van der Waals surface area contributed by atoms with Crippen LogP contribution in [0.1, 0.15) is 21.6 Å². The molecule has 0 radical (unpaired) electrons. The Bertz CT molecular complexity index is 705. The Kier molecular flexibility index (Phi) is 3.44. The summed E-state index contributed by atoms with van der Waals surface area (Å²) in [7, 11) is 0. The monoisotopic (exact) mass is 254 g/mol. The van der Waals surface area contributed by atoms with E-state index >= 15 is 0 Å². The number of carboxylic acid groups (broad SMARTS) is 1. The summed E-state index contributed by atoms with van der Waals surface area (Å²) in [4.78, 5) is 21.2. The van der Waals surface area contributed by atoms with Crippen LogP contribution in [0.2, 0.25) is 0 Å². The van der Waals surface area contributed by atoms with Crippen LogP contribution in [0.5, 0.6) is 0 Å². The van der Waals surface area contributed by atoms with E-state index in [0.29, 0.717) is 22.5 Å². The van der Waals surface area contributed by atoms with Gasteiger partial charge in [-0.15, -0.1) is 0 Å². The lowest BCUT2D eigenvalue weighted by Gasteiger charge is -2.01. The van der Waals surface area contributed by atoms with Gasteiger partial charge in [-0.1, -0.05) is 12.0 Å². The maximum absolute atomic E-state index is 10.8. The van der Waals surface area contributed by atoms with Gasteiger partial charge in [0.1, 0.15) is 0 Å². The van der Waals surface area contributed by atoms with Crippen molar-refractivity contribution in [2.24, 2.45) is 0 Å². The molecule has 0 atom stereocenters. The number of nitrogens with zero attached hydrogens (tertiary/aromatic N) is 2. The average Bonchev–Trinajstić information content (AvgIpc) is 2.78. The third-order valence-electron chi connectivity index (χ3n) is 2.49. The maximum atomic E-state index is 10.8. The van der Waals surface area contributed by atoms with E-state index < -0.39 is 5.97 Å². The van der Waals surface area contributed by atoms with Crippen molar-refractivity contribution in [2.75, 3.05) is 0 Å². The van der Waals surface area contributed by atoms with Gasteiger partial charge >= 0.3 is 5.97 Å². The molecule has 5 heteroatoms. The maximum Gasteiger partial charge on any atom is 0.382 e. The number of hydrogen-bond acceptors (Lipinski definition) is 3. The third kappa shape index (κ3) is 2.87. The van der Waals surface area contributed by atoms with Crippen LogP contribution in [0.25, 0.3) is 5.69 Å². The second kappa shape index (κ2) is 5.19. The average molecular weight is 254 g/mol. The van der Waals surface area contributed by atoms with Crippen molar-refractivity contribution < 1.29 is 14.7 Å². The lowest BCUT2D eigenvalue weighted by atomic mass is 10.2. The van der Waals surface area contributed by atoms with Crippen LogP contribution >= 0.6 is 0 Å². The number of aliphatic carboxylic acids is 1. The van der Waals surface area contributed by atoms with Crippen molar-refractivity contribution in [3.63, 3.8) is 0 Å². The zero-order valence-electron chi connectivity index (χ0n) is 10.1. The van der Waals surface area contributed by atoms with Gasteiger partial charge in [-0.2, -0.15) is 5.10 Å². The normalized spacial score (nSPS) is 9.53. The summed E-state index contributed by atoms with van der Waals surface area (Å²) >= 11 is 0. The van der Waals surface area contributed by atoms with Gasteiger partial charge in [0.15, 0.2) is 6.29 Å². The number of carboxylic acids is 1. The first-order valence-corrected chi connectivity index (χ1v) is 5.47. The van der Waals surface area contributed by atoms with E-state index in [9.17, 15) is 9.59 Å². The molecule has 1 aromatic heterocycles. The molecule has 2 rings (SSSR count). The minimum absolute atomic E-state index is 0.516. The Morgan fingerprint density at radius 3 is 2.89 bits per heavy atom.